The largest absolute Gasteiger partial charge is 0.301 e. The van der Waals surface area contributed by atoms with Crippen LogP contribution in [0.3, 0.4) is 0 Å². The van der Waals surface area contributed by atoms with Gasteiger partial charge in [0.2, 0.25) is 0 Å². The molecule has 0 fully saturated rings. The summed E-state index contributed by atoms with van der Waals surface area (Å²) < 4.78 is 0. The molecule has 0 aromatic carbocycles. The van der Waals surface area contributed by atoms with Gasteiger partial charge in [0.25, 0.3) is 0 Å². The Balaban J connectivity index is 3.16. The molecule has 9 heavy (non-hydrogen) atoms. The Morgan fingerprint density at radius 3 is 2.33 bits per heavy atom. The molecule has 2 nitrogen and oxygen atoms in total. The van der Waals surface area contributed by atoms with Gasteiger partial charge in [0.1, 0.15) is 0 Å². The highest BCUT2D eigenvalue weighted by atomic mass is 16.6. The lowest BCUT2D eigenvalue weighted by Gasteiger charge is -2.13. The Morgan fingerprint density at radius 1 is 1.44 bits per heavy atom. The summed E-state index contributed by atoms with van der Waals surface area (Å²) in [6.07, 6.45) is 0. The van der Waals surface area contributed by atoms with E-state index in [4.69, 9.17) is 4.84 Å². The molecule has 55 valence electrons. The van der Waals surface area contributed by atoms with E-state index >= 15 is 0 Å². The predicted octanol–water partition coefficient (Wildman–Crippen LogP) is 1.59. The second-order valence-electron chi connectivity index (χ2n) is 2.68. The molecule has 1 unspecified atom stereocenters. The summed E-state index contributed by atoms with van der Waals surface area (Å²) in [4.78, 5) is 4.90. The third-order valence-corrected chi connectivity index (χ3v) is 1.59. The quantitative estimate of drug-likeness (QED) is 0.583. The van der Waals surface area contributed by atoms with Crippen molar-refractivity contribution in [3.8, 4) is 0 Å². The molecule has 0 amide bonds. The first-order chi connectivity index (χ1) is 4.18. The van der Waals surface area contributed by atoms with Crippen molar-refractivity contribution < 1.29 is 4.84 Å². The van der Waals surface area contributed by atoms with Gasteiger partial charge in [-0.05, 0) is 11.8 Å². The Hall–Kier alpha value is -0.0800. The third kappa shape index (κ3) is 4.43. The first-order valence-electron chi connectivity index (χ1n) is 3.32. The van der Waals surface area contributed by atoms with Crippen LogP contribution in [0.5, 0.6) is 0 Å². The summed E-state index contributed by atoms with van der Waals surface area (Å²) in [6, 6.07) is 0. The van der Waals surface area contributed by atoms with Crippen molar-refractivity contribution >= 4 is 0 Å². The maximum Gasteiger partial charge on any atom is 0.0710 e. The van der Waals surface area contributed by atoms with Crippen LogP contribution < -0.4 is 5.48 Å². The second-order valence-corrected chi connectivity index (χ2v) is 2.68. The molecule has 1 atom stereocenters. The van der Waals surface area contributed by atoms with Crippen LogP contribution in [0.1, 0.15) is 20.8 Å². The minimum Gasteiger partial charge on any atom is -0.301 e. The molecule has 0 aromatic rings. The third-order valence-electron chi connectivity index (χ3n) is 1.59. The summed E-state index contributed by atoms with van der Waals surface area (Å²) in [5.41, 5.74) is 2.40. The van der Waals surface area contributed by atoms with Gasteiger partial charge in [-0.25, -0.2) is 5.48 Å². The highest BCUT2D eigenvalue weighted by molar-refractivity contribution is 4.53. The van der Waals surface area contributed by atoms with Crippen molar-refractivity contribution in [1.82, 2.24) is 5.48 Å². The lowest BCUT2D eigenvalue weighted by molar-refractivity contribution is 0.0349. The topological polar surface area (TPSA) is 21.3 Å². The Morgan fingerprint density at radius 2 is 2.00 bits per heavy atom. The highest BCUT2D eigenvalue weighted by Gasteiger charge is 2.05. The van der Waals surface area contributed by atoms with E-state index in [2.05, 4.69) is 33.3 Å². The van der Waals surface area contributed by atoms with E-state index in [0.29, 0.717) is 11.8 Å². The van der Waals surface area contributed by atoms with Gasteiger partial charge in [0, 0.05) is 7.05 Å². The lowest BCUT2D eigenvalue weighted by atomic mass is 10.00. The van der Waals surface area contributed by atoms with E-state index in [-0.39, 0.29) is 0 Å². The predicted molar refractivity (Wildman–Crippen MR) is 38.4 cm³/mol. The summed E-state index contributed by atoms with van der Waals surface area (Å²) in [7, 11) is 3.34. The average Bonchev–Trinajstić information content (AvgIpc) is 1.82. The van der Waals surface area contributed by atoms with Crippen LogP contribution in [0, 0.1) is 18.9 Å². The molecule has 0 aliphatic carbocycles. The molecule has 0 bridgehead atoms. The molecule has 1 radical (unpaired) electrons. The monoisotopic (exact) mass is 130 g/mol. The molecule has 2 heteroatoms. The van der Waals surface area contributed by atoms with Crippen LogP contribution in [0.2, 0.25) is 0 Å². The molecule has 0 rings (SSSR count). The van der Waals surface area contributed by atoms with Gasteiger partial charge in [0.05, 0.1) is 6.61 Å². The van der Waals surface area contributed by atoms with Gasteiger partial charge in [-0.15, -0.1) is 0 Å². The fourth-order valence-electron chi connectivity index (χ4n) is 0.383. The summed E-state index contributed by atoms with van der Waals surface area (Å²) >= 11 is 0. The molecule has 0 saturated carbocycles. The van der Waals surface area contributed by atoms with E-state index in [1.54, 1.807) is 0 Å². The average molecular weight is 130 g/mol. The molecule has 0 heterocycles. The summed E-state index contributed by atoms with van der Waals surface area (Å²) in [6.45, 7) is 7.25. The zero-order valence-corrected chi connectivity index (χ0v) is 6.48. The number of hydrogen-bond acceptors (Lipinski definition) is 2. The molecule has 1 N–H and O–H groups in total. The van der Waals surface area contributed by atoms with Crippen LogP contribution in [0.25, 0.3) is 0 Å². The molecule has 0 aliphatic heterocycles. The number of nitrogens with one attached hydrogen (secondary N) is 1. The van der Waals surface area contributed by atoms with Gasteiger partial charge in [-0.1, -0.05) is 20.8 Å². The van der Waals surface area contributed by atoms with Crippen LogP contribution in [0.4, 0.5) is 0 Å². The van der Waals surface area contributed by atoms with Crippen LogP contribution >= 0.6 is 0 Å². The number of rotatable bonds is 4. The van der Waals surface area contributed by atoms with E-state index < -0.39 is 0 Å². The van der Waals surface area contributed by atoms with Crippen molar-refractivity contribution in [2.45, 2.75) is 20.8 Å². The smallest absolute Gasteiger partial charge is 0.0710 e. The van der Waals surface area contributed by atoms with E-state index in [1.165, 1.54) is 0 Å². The molecular weight excluding hydrogens is 114 g/mol. The summed E-state index contributed by atoms with van der Waals surface area (Å²) in [5.74, 6) is 1.28. The minimum absolute atomic E-state index is 0.597. The molecule has 0 spiro atoms. The zero-order chi connectivity index (χ0) is 7.28. The highest BCUT2D eigenvalue weighted by Crippen LogP contribution is 2.08. The molecule has 0 saturated heterocycles. The van der Waals surface area contributed by atoms with Crippen molar-refractivity contribution in [1.29, 1.82) is 0 Å². The normalized spacial score (nSPS) is 14.3. The van der Waals surface area contributed by atoms with Gasteiger partial charge in [-0.3, -0.25) is 0 Å². The van der Waals surface area contributed by atoms with Gasteiger partial charge in [-0.2, -0.15) is 0 Å². The van der Waals surface area contributed by atoms with Crippen LogP contribution in [0.15, 0.2) is 0 Å². The maximum atomic E-state index is 4.90. The van der Waals surface area contributed by atoms with Gasteiger partial charge >= 0.3 is 0 Å². The number of hydroxylamine groups is 1. The Labute approximate surface area is 57.5 Å². The second kappa shape index (κ2) is 4.77. The SMILES string of the molecule is [CH2]NOCC(C)C(C)C. The fourth-order valence-corrected chi connectivity index (χ4v) is 0.383. The van der Waals surface area contributed by atoms with E-state index in [9.17, 15) is 0 Å². The standard InChI is InChI=1S/C7H16NO/c1-6(2)7(3)5-9-8-4/h6-8H,4-5H2,1-3H3. The van der Waals surface area contributed by atoms with Crippen LogP contribution in [-0.4, -0.2) is 6.61 Å². The number of hydrogen-bond donors (Lipinski definition) is 1. The summed E-state index contributed by atoms with van der Waals surface area (Å²) in [5, 5.41) is 0. The van der Waals surface area contributed by atoms with Crippen molar-refractivity contribution in [2.24, 2.45) is 11.8 Å². The van der Waals surface area contributed by atoms with Crippen molar-refractivity contribution in [3.63, 3.8) is 0 Å². The van der Waals surface area contributed by atoms with Gasteiger partial charge < -0.3 is 4.84 Å². The first-order valence-corrected chi connectivity index (χ1v) is 3.32. The lowest BCUT2D eigenvalue weighted by Crippen LogP contribution is -2.16. The van der Waals surface area contributed by atoms with E-state index in [1.807, 2.05) is 0 Å². The van der Waals surface area contributed by atoms with Crippen molar-refractivity contribution in [3.05, 3.63) is 7.05 Å². The van der Waals surface area contributed by atoms with Crippen LogP contribution in [-0.2, 0) is 4.84 Å². The Bertz CT molecular complexity index is 63.9. The maximum absolute atomic E-state index is 4.90. The molecule has 0 aromatic heterocycles. The van der Waals surface area contributed by atoms with Crippen molar-refractivity contribution in [2.75, 3.05) is 6.61 Å². The molecular formula is C7H16NO. The van der Waals surface area contributed by atoms with Gasteiger partial charge in [0.15, 0.2) is 0 Å². The zero-order valence-electron chi connectivity index (χ0n) is 6.48. The minimum atomic E-state index is 0.597. The van der Waals surface area contributed by atoms with E-state index in [0.717, 1.165) is 6.61 Å². The molecule has 0 aliphatic rings. The fraction of sp³-hybridized carbons (Fsp3) is 0.857. The Kier molecular flexibility index (Phi) is 4.72. The first kappa shape index (κ1) is 8.92.